The molecule has 0 fully saturated rings. The van der Waals surface area contributed by atoms with Gasteiger partial charge in [-0.15, -0.1) is 6.58 Å². The monoisotopic (exact) mass is 233 g/mol. The number of nitrogens with two attached hydrogens (primary N) is 1. The van der Waals surface area contributed by atoms with Crippen molar-refractivity contribution >= 4 is 5.69 Å². The topological polar surface area (TPSA) is 41.3 Å². The second-order valence-corrected chi connectivity index (χ2v) is 4.31. The van der Waals surface area contributed by atoms with Crippen LogP contribution in [-0.2, 0) is 0 Å². The molecule has 0 heterocycles. The van der Waals surface area contributed by atoms with E-state index in [2.05, 4.69) is 41.1 Å². The summed E-state index contributed by atoms with van der Waals surface area (Å²) in [4.78, 5) is 2.09. The zero-order chi connectivity index (χ0) is 12.7. The van der Waals surface area contributed by atoms with Crippen LogP contribution in [0.3, 0.4) is 0 Å². The SMILES string of the molecule is C=CCCNC(CN)c1ccc(N(C)C)cc1. The summed E-state index contributed by atoms with van der Waals surface area (Å²) in [5, 5.41) is 3.43. The number of hydrogen-bond donors (Lipinski definition) is 2. The van der Waals surface area contributed by atoms with Gasteiger partial charge in [0.25, 0.3) is 0 Å². The van der Waals surface area contributed by atoms with Crippen molar-refractivity contribution in [2.45, 2.75) is 12.5 Å². The Morgan fingerprint density at radius 3 is 2.47 bits per heavy atom. The van der Waals surface area contributed by atoms with Gasteiger partial charge < -0.3 is 16.0 Å². The smallest absolute Gasteiger partial charge is 0.0444 e. The number of nitrogens with zero attached hydrogens (tertiary/aromatic N) is 1. The van der Waals surface area contributed by atoms with Crippen LogP contribution in [0.15, 0.2) is 36.9 Å². The van der Waals surface area contributed by atoms with Crippen LogP contribution in [0, 0.1) is 0 Å². The lowest BCUT2D eigenvalue weighted by Gasteiger charge is -2.18. The van der Waals surface area contributed by atoms with Crippen LogP contribution >= 0.6 is 0 Å². The minimum atomic E-state index is 0.228. The molecule has 1 aromatic carbocycles. The quantitative estimate of drug-likeness (QED) is 0.558. The van der Waals surface area contributed by atoms with Crippen molar-refractivity contribution in [3.8, 4) is 0 Å². The first-order valence-corrected chi connectivity index (χ1v) is 6.00. The summed E-state index contributed by atoms with van der Waals surface area (Å²) < 4.78 is 0. The maximum Gasteiger partial charge on any atom is 0.0444 e. The van der Waals surface area contributed by atoms with Gasteiger partial charge in [0.1, 0.15) is 0 Å². The van der Waals surface area contributed by atoms with Gasteiger partial charge in [-0.3, -0.25) is 0 Å². The Bertz CT molecular complexity index is 330. The van der Waals surface area contributed by atoms with E-state index in [0.29, 0.717) is 6.54 Å². The number of hydrogen-bond acceptors (Lipinski definition) is 3. The average molecular weight is 233 g/mol. The maximum atomic E-state index is 5.79. The van der Waals surface area contributed by atoms with Crippen LogP contribution in [0.1, 0.15) is 18.0 Å². The Balaban J connectivity index is 2.64. The fourth-order valence-electron chi connectivity index (χ4n) is 1.70. The van der Waals surface area contributed by atoms with Crippen LogP contribution in [0.2, 0.25) is 0 Å². The van der Waals surface area contributed by atoms with Crippen molar-refractivity contribution in [3.63, 3.8) is 0 Å². The van der Waals surface area contributed by atoms with Crippen molar-refractivity contribution < 1.29 is 0 Å². The third-order valence-corrected chi connectivity index (χ3v) is 2.79. The molecular formula is C14H23N3. The molecule has 0 radical (unpaired) electrons. The molecule has 94 valence electrons. The van der Waals surface area contributed by atoms with E-state index in [0.717, 1.165) is 13.0 Å². The lowest BCUT2D eigenvalue weighted by molar-refractivity contribution is 0.548. The van der Waals surface area contributed by atoms with Gasteiger partial charge in [0.15, 0.2) is 0 Å². The van der Waals surface area contributed by atoms with Crippen LogP contribution in [0.25, 0.3) is 0 Å². The Morgan fingerprint density at radius 1 is 1.35 bits per heavy atom. The fourth-order valence-corrected chi connectivity index (χ4v) is 1.70. The fraction of sp³-hybridized carbons (Fsp3) is 0.429. The van der Waals surface area contributed by atoms with Gasteiger partial charge in [-0.05, 0) is 30.7 Å². The molecule has 1 aromatic rings. The molecule has 0 bridgehead atoms. The summed E-state index contributed by atoms with van der Waals surface area (Å²) in [5.74, 6) is 0. The van der Waals surface area contributed by atoms with Crippen LogP contribution < -0.4 is 16.0 Å². The normalized spacial score (nSPS) is 12.2. The molecule has 0 aliphatic heterocycles. The Kier molecular flexibility index (Phi) is 5.73. The van der Waals surface area contributed by atoms with Crippen molar-refractivity contribution in [3.05, 3.63) is 42.5 Å². The van der Waals surface area contributed by atoms with E-state index in [1.165, 1.54) is 11.3 Å². The number of benzene rings is 1. The van der Waals surface area contributed by atoms with E-state index < -0.39 is 0 Å². The van der Waals surface area contributed by atoms with Gasteiger partial charge in [0.05, 0.1) is 0 Å². The number of anilines is 1. The van der Waals surface area contributed by atoms with Crippen LogP contribution in [0.5, 0.6) is 0 Å². The first-order chi connectivity index (χ1) is 8.19. The molecule has 3 heteroatoms. The molecule has 3 nitrogen and oxygen atoms in total. The van der Waals surface area contributed by atoms with E-state index in [9.17, 15) is 0 Å². The van der Waals surface area contributed by atoms with Crippen molar-refractivity contribution in [1.29, 1.82) is 0 Å². The second-order valence-electron chi connectivity index (χ2n) is 4.31. The summed E-state index contributed by atoms with van der Waals surface area (Å²) in [6.07, 6.45) is 2.88. The highest BCUT2D eigenvalue weighted by Gasteiger charge is 2.08. The molecule has 0 spiro atoms. The summed E-state index contributed by atoms with van der Waals surface area (Å²) in [5.41, 5.74) is 8.23. The average Bonchev–Trinajstić information content (AvgIpc) is 2.35. The molecule has 1 atom stereocenters. The minimum absolute atomic E-state index is 0.228. The highest BCUT2D eigenvalue weighted by molar-refractivity contribution is 5.46. The third-order valence-electron chi connectivity index (χ3n) is 2.79. The molecule has 0 saturated carbocycles. The number of nitrogens with one attached hydrogen (secondary N) is 1. The third kappa shape index (κ3) is 4.21. The summed E-state index contributed by atoms with van der Waals surface area (Å²) >= 11 is 0. The first kappa shape index (κ1) is 13.7. The van der Waals surface area contributed by atoms with Gasteiger partial charge in [-0.25, -0.2) is 0 Å². The van der Waals surface area contributed by atoms with E-state index in [4.69, 9.17) is 5.73 Å². The zero-order valence-corrected chi connectivity index (χ0v) is 10.8. The zero-order valence-electron chi connectivity index (χ0n) is 10.8. The standard InChI is InChI=1S/C14H23N3/c1-4-5-10-16-14(11-15)12-6-8-13(9-7-12)17(2)3/h4,6-9,14,16H,1,5,10-11,15H2,2-3H3. The van der Waals surface area contributed by atoms with Crippen molar-refractivity contribution in [2.24, 2.45) is 5.73 Å². The summed E-state index contributed by atoms with van der Waals surface area (Å²) in [6, 6.07) is 8.73. The largest absolute Gasteiger partial charge is 0.378 e. The van der Waals surface area contributed by atoms with E-state index in [-0.39, 0.29) is 6.04 Å². The first-order valence-electron chi connectivity index (χ1n) is 6.00. The van der Waals surface area contributed by atoms with E-state index >= 15 is 0 Å². The van der Waals surface area contributed by atoms with Crippen LogP contribution in [-0.4, -0.2) is 27.2 Å². The second kappa shape index (κ2) is 7.09. The molecule has 0 saturated heterocycles. The highest BCUT2D eigenvalue weighted by Crippen LogP contribution is 2.17. The van der Waals surface area contributed by atoms with Crippen molar-refractivity contribution in [1.82, 2.24) is 5.32 Å². The number of rotatable bonds is 7. The molecule has 1 unspecified atom stereocenters. The van der Waals surface area contributed by atoms with E-state index in [1.807, 2.05) is 20.2 Å². The minimum Gasteiger partial charge on any atom is -0.378 e. The molecule has 1 rings (SSSR count). The molecule has 0 aromatic heterocycles. The molecule has 0 aliphatic rings. The van der Waals surface area contributed by atoms with Gasteiger partial charge >= 0.3 is 0 Å². The van der Waals surface area contributed by atoms with Gasteiger partial charge in [-0.1, -0.05) is 18.2 Å². The summed E-state index contributed by atoms with van der Waals surface area (Å²) in [6.45, 7) is 5.24. The predicted molar refractivity (Wildman–Crippen MR) is 75.4 cm³/mol. The van der Waals surface area contributed by atoms with E-state index in [1.54, 1.807) is 0 Å². The van der Waals surface area contributed by atoms with Crippen molar-refractivity contribution in [2.75, 3.05) is 32.1 Å². The maximum absolute atomic E-state index is 5.79. The molecule has 0 amide bonds. The predicted octanol–water partition coefficient (Wildman–Crippen LogP) is 1.92. The lowest BCUT2D eigenvalue weighted by atomic mass is 10.1. The highest BCUT2D eigenvalue weighted by atomic mass is 15.1. The molecular weight excluding hydrogens is 210 g/mol. The Morgan fingerprint density at radius 2 is 2.00 bits per heavy atom. The molecule has 17 heavy (non-hydrogen) atoms. The van der Waals surface area contributed by atoms with Gasteiger partial charge in [0, 0.05) is 32.4 Å². The molecule has 0 aliphatic carbocycles. The summed E-state index contributed by atoms with van der Waals surface area (Å²) in [7, 11) is 4.08. The lowest BCUT2D eigenvalue weighted by Crippen LogP contribution is -2.28. The van der Waals surface area contributed by atoms with Gasteiger partial charge in [0.2, 0.25) is 0 Å². The Labute approximate surface area is 104 Å². The van der Waals surface area contributed by atoms with Crippen LogP contribution in [0.4, 0.5) is 5.69 Å². The van der Waals surface area contributed by atoms with Gasteiger partial charge in [-0.2, -0.15) is 0 Å². The Hall–Kier alpha value is -1.32. The molecule has 3 N–H and O–H groups in total.